The van der Waals surface area contributed by atoms with Crippen molar-refractivity contribution >= 4 is 23.2 Å². The Labute approximate surface area is 144 Å². The molecule has 2 aromatic carbocycles. The third-order valence-electron chi connectivity index (χ3n) is 3.55. The molecule has 1 aromatic heterocycles. The van der Waals surface area contributed by atoms with E-state index in [9.17, 15) is 4.79 Å². The molecule has 0 aliphatic rings. The maximum absolute atomic E-state index is 12.4. The van der Waals surface area contributed by atoms with Gasteiger partial charge in [0.1, 0.15) is 5.75 Å². The molecule has 3 rings (SSSR count). The SMILES string of the molecule is COc1ccc(NC(=O)c2cc(C)n(-c3ccccc3)n2)c(Cl)c1. The Balaban J connectivity index is 1.84. The number of halogens is 1. The maximum Gasteiger partial charge on any atom is 0.276 e. The highest BCUT2D eigenvalue weighted by atomic mass is 35.5. The predicted molar refractivity (Wildman–Crippen MR) is 94.3 cm³/mol. The zero-order chi connectivity index (χ0) is 17.1. The Hall–Kier alpha value is -2.79. The first-order chi connectivity index (χ1) is 11.6. The number of nitrogens with zero attached hydrogens (tertiary/aromatic N) is 2. The van der Waals surface area contributed by atoms with Gasteiger partial charge < -0.3 is 10.1 Å². The molecule has 0 bridgehead atoms. The van der Waals surface area contributed by atoms with E-state index in [-0.39, 0.29) is 5.91 Å². The van der Waals surface area contributed by atoms with Crippen molar-refractivity contribution < 1.29 is 9.53 Å². The van der Waals surface area contributed by atoms with E-state index in [2.05, 4.69) is 10.4 Å². The smallest absolute Gasteiger partial charge is 0.276 e. The van der Waals surface area contributed by atoms with Gasteiger partial charge in [-0.15, -0.1) is 0 Å². The van der Waals surface area contributed by atoms with Crippen molar-refractivity contribution in [1.29, 1.82) is 0 Å². The highest BCUT2D eigenvalue weighted by molar-refractivity contribution is 6.34. The van der Waals surface area contributed by atoms with Gasteiger partial charge in [-0.2, -0.15) is 5.10 Å². The van der Waals surface area contributed by atoms with Crippen LogP contribution in [0.15, 0.2) is 54.6 Å². The van der Waals surface area contributed by atoms with E-state index in [1.165, 1.54) is 0 Å². The number of aryl methyl sites for hydroxylation is 1. The molecule has 0 fully saturated rings. The molecule has 0 spiro atoms. The number of carbonyl (C=O) groups is 1. The number of anilines is 1. The minimum atomic E-state index is -0.320. The summed E-state index contributed by atoms with van der Waals surface area (Å²) in [6.07, 6.45) is 0. The van der Waals surface area contributed by atoms with Crippen LogP contribution in [-0.2, 0) is 0 Å². The average molecular weight is 342 g/mol. The summed E-state index contributed by atoms with van der Waals surface area (Å²) < 4.78 is 6.82. The molecule has 0 aliphatic carbocycles. The third kappa shape index (κ3) is 3.26. The topological polar surface area (TPSA) is 56.1 Å². The summed E-state index contributed by atoms with van der Waals surface area (Å²) in [6, 6.07) is 16.5. The fourth-order valence-electron chi connectivity index (χ4n) is 2.33. The zero-order valence-corrected chi connectivity index (χ0v) is 14.0. The van der Waals surface area contributed by atoms with Crippen LogP contribution in [0.2, 0.25) is 5.02 Å². The predicted octanol–water partition coefficient (Wildman–Crippen LogP) is 4.10. The van der Waals surface area contributed by atoms with E-state index in [1.54, 1.807) is 36.1 Å². The molecule has 0 unspecified atom stereocenters. The second-order valence-corrected chi connectivity index (χ2v) is 5.63. The summed E-state index contributed by atoms with van der Waals surface area (Å²) in [5.41, 5.74) is 2.60. The molecular weight excluding hydrogens is 326 g/mol. The number of para-hydroxylation sites is 1. The average Bonchev–Trinajstić information content (AvgIpc) is 2.99. The van der Waals surface area contributed by atoms with Crippen LogP contribution in [0.5, 0.6) is 5.75 Å². The Morgan fingerprint density at radius 1 is 1.17 bits per heavy atom. The van der Waals surface area contributed by atoms with Gasteiger partial charge in [0, 0.05) is 11.8 Å². The minimum Gasteiger partial charge on any atom is -0.497 e. The summed E-state index contributed by atoms with van der Waals surface area (Å²) >= 11 is 6.15. The third-order valence-corrected chi connectivity index (χ3v) is 3.86. The Morgan fingerprint density at radius 3 is 2.58 bits per heavy atom. The minimum absolute atomic E-state index is 0.320. The molecule has 0 saturated carbocycles. The lowest BCUT2D eigenvalue weighted by molar-refractivity contribution is 0.102. The number of methoxy groups -OCH3 is 1. The highest BCUT2D eigenvalue weighted by Gasteiger charge is 2.15. The lowest BCUT2D eigenvalue weighted by Crippen LogP contribution is -2.13. The van der Waals surface area contributed by atoms with E-state index in [4.69, 9.17) is 16.3 Å². The second-order valence-electron chi connectivity index (χ2n) is 5.22. The van der Waals surface area contributed by atoms with E-state index in [1.807, 2.05) is 37.3 Å². The van der Waals surface area contributed by atoms with Crippen molar-refractivity contribution in [3.63, 3.8) is 0 Å². The Kier molecular flexibility index (Phi) is 4.53. The summed E-state index contributed by atoms with van der Waals surface area (Å²) in [5.74, 6) is 0.307. The molecule has 3 aromatic rings. The standard InChI is InChI=1S/C18H16ClN3O2/c1-12-10-17(21-22(12)13-6-4-3-5-7-13)18(23)20-16-9-8-14(24-2)11-15(16)19/h3-11H,1-2H3,(H,20,23). The van der Waals surface area contributed by atoms with Crippen molar-refractivity contribution in [3.05, 3.63) is 71.0 Å². The normalized spacial score (nSPS) is 10.5. The van der Waals surface area contributed by atoms with Gasteiger partial charge in [-0.3, -0.25) is 4.79 Å². The number of amides is 1. The fraction of sp³-hybridized carbons (Fsp3) is 0.111. The summed E-state index contributed by atoms with van der Waals surface area (Å²) in [7, 11) is 1.56. The number of ether oxygens (including phenoxy) is 1. The van der Waals surface area contributed by atoms with Gasteiger partial charge in [0.05, 0.1) is 23.5 Å². The summed E-state index contributed by atoms with van der Waals surface area (Å²) in [5, 5.41) is 7.55. The van der Waals surface area contributed by atoms with Gasteiger partial charge in [0.15, 0.2) is 5.69 Å². The second kappa shape index (κ2) is 6.76. The fourth-order valence-corrected chi connectivity index (χ4v) is 2.54. The van der Waals surface area contributed by atoms with Gasteiger partial charge in [-0.25, -0.2) is 4.68 Å². The zero-order valence-electron chi connectivity index (χ0n) is 13.3. The van der Waals surface area contributed by atoms with E-state index in [0.29, 0.717) is 22.2 Å². The lowest BCUT2D eigenvalue weighted by atomic mass is 10.2. The van der Waals surface area contributed by atoms with Gasteiger partial charge in [-0.05, 0) is 37.3 Å². The number of aromatic nitrogens is 2. The Morgan fingerprint density at radius 2 is 1.92 bits per heavy atom. The molecule has 1 N–H and O–H groups in total. The molecule has 0 atom stereocenters. The van der Waals surface area contributed by atoms with Crippen LogP contribution in [0, 0.1) is 6.92 Å². The molecule has 122 valence electrons. The number of carbonyl (C=O) groups excluding carboxylic acids is 1. The van der Waals surface area contributed by atoms with E-state index in [0.717, 1.165) is 11.4 Å². The number of benzene rings is 2. The number of hydrogen-bond donors (Lipinski definition) is 1. The molecule has 0 aliphatic heterocycles. The summed E-state index contributed by atoms with van der Waals surface area (Å²) in [6.45, 7) is 1.90. The summed E-state index contributed by atoms with van der Waals surface area (Å²) in [4.78, 5) is 12.4. The molecular formula is C18H16ClN3O2. The number of nitrogens with one attached hydrogen (secondary N) is 1. The van der Waals surface area contributed by atoms with Crippen LogP contribution in [0.25, 0.3) is 5.69 Å². The largest absolute Gasteiger partial charge is 0.497 e. The van der Waals surface area contributed by atoms with Crippen molar-refractivity contribution in [2.24, 2.45) is 0 Å². The quantitative estimate of drug-likeness (QED) is 0.777. The van der Waals surface area contributed by atoms with Crippen LogP contribution in [0.4, 0.5) is 5.69 Å². The molecule has 6 heteroatoms. The van der Waals surface area contributed by atoms with Crippen molar-refractivity contribution in [2.75, 3.05) is 12.4 Å². The maximum atomic E-state index is 12.4. The first-order valence-electron chi connectivity index (χ1n) is 7.35. The first kappa shape index (κ1) is 16.1. The Bertz CT molecular complexity index is 875. The molecule has 0 saturated heterocycles. The van der Waals surface area contributed by atoms with Crippen LogP contribution in [-0.4, -0.2) is 22.8 Å². The van der Waals surface area contributed by atoms with E-state index >= 15 is 0 Å². The van der Waals surface area contributed by atoms with E-state index < -0.39 is 0 Å². The van der Waals surface area contributed by atoms with Crippen molar-refractivity contribution in [2.45, 2.75) is 6.92 Å². The molecule has 0 radical (unpaired) electrons. The first-order valence-corrected chi connectivity index (χ1v) is 7.73. The number of rotatable bonds is 4. The van der Waals surface area contributed by atoms with Crippen LogP contribution < -0.4 is 10.1 Å². The highest BCUT2D eigenvalue weighted by Crippen LogP contribution is 2.27. The molecule has 1 heterocycles. The lowest BCUT2D eigenvalue weighted by Gasteiger charge is -2.07. The molecule has 24 heavy (non-hydrogen) atoms. The van der Waals surface area contributed by atoms with Crippen molar-refractivity contribution in [3.8, 4) is 11.4 Å². The van der Waals surface area contributed by atoms with Crippen LogP contribution in [0.1, 0.15) is 16.2 Å². The monoisotopic (exact) mass is 341 g/mol. The van der Waals surface area contributed by atoms with Gasteiger partial charge in [-0.1, -0.05) is 29.8 Å². The van der Waals surface area contributed by atoms with Gasteiger partial charge >= 0.3 is 0 Å². The van der Waals surface area contributed by atoms with Gasteiger partial charge in [0.2, 0.25) is 0 Å². The molecule has 1 amide bonds. The van der Waals surface area contributed by atoms with Crippen molar-refractivity contribution in [1.82, 2.24) is 9.78 Å². The molecule has 5 nitrogen and oxygen atoms in total. The van der Waals surface area contributed by atoms with Crippen LogP contribution in [0.3, 0.4) is 0 Å². The number of hydrogen-bond acceptors (Lipinski definition) is 3. The van der Waals surface area contributed by atoms with Gasteiger partial charge in [0.25, 0.3) is 5.91 Å². The van der Waals surface area contributed by atoms with Crippen LogP contribution >= 0.6 is 11.6 Å².